The van der Waals surface area contributed by atoms with E-state index in [1.807, 2.05) is 0 Å². The van der Waals surface area contributed by atoms with Gasteiger partial charge in [0.2, 0.25) is 0 Å². The minimum Gasteiger partial charge on any atom is -0.374 e. The fourth-order valence-corrected chi connectivity index (χ4v) is 3.52. The van der Waals surface area contributed by atoms with Gasteiger partial charge in [-0.2, -0.15) is 0 Å². The second kappa shape index (κ2) is 7.21. The minimum absolute atomic E-state index is 0.0469. The lowest BCUT2D eigenvalue weighted by Gasteiger charge is -2.29. The first kappa shape index (κ1) is 16.1. The van der Waals surface area contributed by atoms with Crippen molar-refractivity contribution in [3.8, 4) is 0 Å². The summed E-state index contributed by atoms with van der Waals surface area (Å²) in [7, 11) is 4.27. The number of carbonyl (C=O) groups excluding carboxylic acids is 1. The van der Waals surface area contributed by atoms with E-state index in [0.29, 0.717) is 12.6 Å². The number of amides is 2. The van der Waals surface area contributed by atoms with E-state index in [9.17, 15) is 4.79 Å². The number of urea groups is 1. The lowest BCUT2D eigenvalue weighted by atomic mass is 9.99. The molecule has 2 aliphatic rings. The van der Waals surface area contributed by atoms with Crippen molar-refractivity contribution in [2.45, 2.75) is 38.3 Å². The largest absolute Gasteiger partial charge is 0.374 e. The molecule has 2 heterocycles. The van der Waals surface area contributed by atoms with Gasteiger partial charge in [0.1, 0.15) is 0 Å². The molecule has 0 aliphatic carbocycles. The lowest BCUT2D eigenvalue weighted by Crippen LogP contribution is -2.46. The van der Waals surface area contributed by atoms with Gasteiger partial charge in [0.15, 0.2) is 0 Å². The number of nitrogens with one attached hydrogen (secondary N) is 2. The van der Waals surface area contributed by atoms with Gasteiger partial charge in [0.05, 0.1) is 0 Å². The molecule has 3 rings (SSSR count). The first-order valence-electron chi connectivity index (χ1n) is 8.67. The van der Waals surface area contributed by atoms with Gasteiger partial charge in [-0.05, 0) is 63.0 Å². The maximum Gasteiger partial charge on any atom is 0.315 e. The molecule has 1 aromatic carbocycles. The van der Waals surface area contributed by atoms with E-state index < -0.39 is 0 Å². The Hall–Kier alpha value is -1.75. The number of likely N-dealkylation sites (tertiary alicyclic amines) is 1. The Morgan fingerprint density at radius 2 is 2.00 bits per heavy atom. The number of anilines is 1. The molecule has 0 unspecified atom stereocenters. The predicted octanol–water partition coefficient (Wildman–Crippen LogP) is 1.96. The molecule has 126 valence electrons. The Morgan fingerprint density at radius 3 is 2.78 bits per heavy atom. The van der Waals surface area contributed by atoms with E-state index in [4.69, 9.17) is 0 Å². The number of rotatable bonds is 3. The Kier molecular flexibility index (Phi) is 5.06. The van der Waals surface area contributed by atoms with E-state index in [0.717, 1.165) is 38.9 Å². The van der Waals surface area contributed by atoms with Crippen LogP contribution in [0.3, 0.4) is 0 Å². The molecule has 0 bridgehead atoms. The summed E-state index contributed by atoms with van der Waals surface area (Å²) in [4.78, 5) is 16.7. The predicted molar refractivity (Wildman–Crippen MR) is 93.9 cm³/mol. The van der Waals surface area contributed by atoms with Gasteiger partial charge in [-0.15, -0.1) is 0 Å². The van der Waals surface area contributed by atoms with Crippen LogP contribution in [0.25, 0.3) is 0 Å². The smallest absolute Gasteiger partial charge is 0.315 e. The summed E-state index contributed by atoms with van der Waals surface area (Å²) in [5, 5.41) is 6.09. The third kappa shape index (κ3) is 4.16. The van der Waals surface area contributed by atoms with Gasteiger partial charge in [0.25, 0.3) is 0 Å². The molecule has 0 spiro atoms. The number of carbonyl (C=O) groups is 1. The molecule has 23 heavy (non-hydrogen) atoms. The summed E-state index contributed by atoms with van der Waals surface area (Å²) in [5.41, 5.74) is 3.90. The Bertz CT molecular complexity index is 552. The van der Waals surface area contributed by atoms with Crippen LogP contribution in [0.4, 0.5) is 10.5 Å². The quantitative estimate of drug-likeness (QED) is 0.896. The van der Waals surface area contributed by atoms with Crippen molar-refractivity contribution in [2.75, 3.05) is 38.6 Å². The van der Waals surface area contributed by atoms with Crippen LogP contribution in [-0.2, 0) is 13.0 Å². The van der Waals surface area contributed by atoms with Crippen LogP contribution in [0.2, 0.25) is 0 Å². The highest BCUT2D eigenvalue weighted by atomic mass is 16.2. The van der Waals surface area contributed by atoms with Crippen molar-refractivity contribution in [1.29, 1.82) is 0 Å². The molecule has 1 fully saturated rings. The van der Waals surface area contributed by atoms with Crippen LogP contribution in [0.15, 0.2) is 18.2 Å². The molecule has 2 N–H and O–H groups in total. The molecule has 0 radical (unpaired) electrons. The summed E-state index contributed by atoms with van der Waals surface area (Å²) >= 11 is 0. The number of hydrogen-bond acceptors (Lipinski definition) is 3. The van der Waals surface area contributed by atoms with E-state index in [-0.39, 0.29) is 6.03 Å². The van der Waals surface area contributed by atoms with Crippen LogP contribution in [-0.4, -0.2) is 50.7 Å². The third-order valence-electron chi connectivity index (χ3n) is 5.00. The minimum atomic E-state index is -0.0469. The number of fused-ring (bicyclic) bond motifs is 1. The normalized spacial score (nSPS) is 19.3. The maximum atomic E-state index is 12.1. The van der Waals surface area contributed by atoms with Crippen LogP contribution in [0.1, 0.15) is 30.4 Å². The summed E-state index contributed by atoms with van der Waals surface area (Å²) < 4.78 is 0. The van der Waals surface area contributed by atoms with Crippen LogP contribution >= 0.6 is 0 Å². The highest BCUT2D eigenvalue weighted by molar-refractivity contribution is 5.74. The van der Waals surface area contributed by atoms with E-state index in [2.05, 4.69) is 52.7 Å². The average molecular weight is 316 g/mol. The van der Waals surface area contributed by atoms with Gasteiger partial charge in [-0.1, -0.05) is 12.1 Å². The number of piperidine rings is 1. The summed E-state index contributed by atoms with van der Waals surface area (Å²) in [6.07, 6.45) is 4.41. The molecule has 0 aromatic heterocycles. The molecular formula is C18H28N4O. The second-order valence-electron chi connectivity index (χ2n) is 6.89. The number of nitrogens with zero attached hydrogens (tertiary/aromatic N) is 2. The fourth-order valence-electron chi connectivity index (χ4n) is 3.52. The molecule has 2 aliphatic heterocycles. The lowest BCUT2D eigenvalue weighted by molar-refractivity contribution is 0.213. The summed E-state index contributed by atoms with van der Waals surface area (Å²) in [6.45, 7) is 3.84. The number of aryl methyl sites for hydroxylation is 1. The zero-order chi connectivity index (χ0) is 16.2. The Balaban J connectivity index is 1.49. The molecular weight excluding hydrogens is 288 g/mol. The Labute approximate surface area is 139 Å². The van der Waals surface area contributed by atoms with Gasteiger partial charge in [-0.3, -0.25) is 0 Å². The molecule has 5 nitrogen and oxygen atoms in total. The standard InChI is InChI=1S/C18H28N4O/c1-21-10-7-16(8-11-21)20-18(23)19-13-14-5-6-17-15(12-14)4-3-9-22(17)2/h5-6,12,16H,3-4,7-11,13H2,1-2H3,(H2,19,20,23). The molecule has 1 aromatic rings. The molecule has 1 saturated heterocycles. The SMILES string of the molecule is CN1CCC(NC(=O)NCc2ccc3c(c2)CCCN3C)CC1. The average Bonchev–Trinajstić information content (AvgIpc) is 2.55. The van der Waals surface area contributed by atoms with Crippen LogP contribution in [0, 0.1) is 0 Å². The third-order valence-corrected chi connectivity index (χ3v) is 5.00. The number of benzene rings is 1. The zero-order valence-electron chi connectivity index (χ0n) is 14.3. The van der Waals surface area contributed by atoms with Gasteiger partial charge in [-0.25, -0.2) is 4.79 Å². The summed E-state index contributed by atoms with van der Waals surface area (Å²) in [6, 6.07) is 6.80. The van der Waals surface area contributed by atoms with Gasteiger partial charge < -0.3 is 20.4 Å². The first-order chi connectivity index (χ1) is 11.1. The molecule has 2 amide bonds. The van der Waals surface area contributed by atoms with Crippen LogP contribution in [0.5, 0.6) is 0 Å². The van der Waals surface area contributed by atoms with Crippen molar-refractivity contribution in [2.24, 2.45) is 0 Å². The molecule has 0 atom stereocenters. The Morgan fingerprint density at radius 1 is 1.22 bits per heavy atom. The van der Waals surface area contributed by atoms with Gasteiger partial charge in [0, 0.05) is 31.9 Å². The maximum absolute atomic E-state index is 12.1. The molecule has 5 heteroatoms. The molecule has 0 saturated carbocycles. The van der Waals surface area contributed by atoms with Crippen molar-refractivity contribution in [3.05, 3.63) is 29.3 Å². The monoisotopic (exact) mass is 316 g/mol. The van der Waals surface area contributed by atoms with E-state index >= 15 is 0 Å². The van der Waals surface area contributed by atoms with Crippen LogP contribution < -0.4 is 15.5 Å². The summed E-state index contributed by atoms with van der Waals surface area (Å²) in [5.74, 6) is 0. The highest BCUT2D eigenvalue weighted by Gasteiger charge is 2.18. The number of hydrogen-bond donors (Lipinski definition) is 2. The highest BCUT2D eigenvalue weighted by Crippen LogP contribution is 2.26. The fraction of sp³-hybridized carbons (Fsp3) is 0.611. The van der Waals surface area contributed by atoms with Crippen molar-refractivity contribution in [3.63, 3.8) is 0 Å². The van der Waals surface area contributed by atoms with E-state index in [1.165, 1.54) is 23.2 Å². The van der Waals surface area contributed by atoms with Gasteiger partial charge >= 0.3 is 6.03 Å². The van der Waals surface area contributed by atoms with E-state index in [1.54, 1.807) is 0 Å². The topological polar surface area (TPSA) is 47.6 Å². The zero-order valence-corrected chi connectivity index (χ0v) is 14.3. The van der Waals surface area contributed by atoms with Crippen molar-refractivity contribution in [1.82, 2.24) is 15.5 Å². The second-order valence-corrected chi connectivity index (χ2v) is 6.89. The first-order valence-corrected chi connectivity index (χ1v) is 8.67. The van der Waals surface area contributed by atoms with Crippen molar-refractivity contribution >= 4 is 11.7 Å². The van der Waals surface area contributed by atoms with Crippen molar-refractivity contribution < 1.29 is 4.79 Å².